The third-order valence-electron chi connectivity index (χ3n) is 1.80. The van der Waals surface area contributed by atoms with Crippen LogP contribution >= 0.6 is 24.0 Å². The largest absolute Gasteiger partial charge is 0.480 e. The van der Waals surface area contributed by atoms with Crippen LogP contribution in [0.1, 0.15) is 5.56 Å². The van der Waals surface area contributed by atoms with Crippen LogP contribution < -0.4 is 0 Å². The van der Waals surface area contributed by atoms with Crippen LogP contribution in [0.25, 0.3) is 0 Å². The Hall–Kier alpha value is -0.770. The van der Waals surface area contributed by atoms with Crippen LogP contribution in [-0.4, -0.2) is 29.6 Å². The molecule has 0 atom stereocenters. The van der Waals surface area contributed by atoms with Crippen molar-refractivity contribution in [2.24, 2.45) is 0 Å². The van der Waals surface area contributed by atoms with Crippen molar-refractivity contribution in [3.8, 4) is 0 Å². The molecule has 1 N–H and O–H groups in total. The second-order valence-corrected chi connectivity index (χ2v) is 3.56. The number of hydrogen-bond donors (Lipinski definition) is 1. The smallest absolute Gasteiger partial charge is 0.317 e. The van der Waals surface area contributed by atoms with Gasteiger partial charge in [0.2, 0.25) is 0 Å². The van der Waals surface area contributed by atoms with Gasteiger partial charge in [-0.3, -0.25) is 9.69 Å². The van der Waals surface area contributed by atoms with Crippen LogP contribution in [0.2, 0.25) is 5.02 Å². The molecule has 0 fully saturated rings. The van der Waals surface area contributed by atoms with Crippen molar-refractivity contribution in [1.82, 2.24) is 4.90 Å². The van der Waals surface area contributed by atoms with E-state index >= 15 is 0 Å². The Kier molecular flexibility index (Phi) is 6.32. The zero-order valence-corrected chi connectivity index (χ0v) is 9.88. The van der Waals surface area contributed by atoms with Gasteiger partial charge in [-0.1, -0.05) is 29.8 Å². The van der Waals surface area contributed by atoms with Gasteiger partial charge in [0, 0.05) is 11.6 Å². The van der Waals surface area contributed by atoms with Gasteiger partial charge in [-0.2, -0.15) is 0 Å². The molecule has 1 aromatic carbocycles. The molecule has 5 heteroatoms. The average Bonchev–Trinajstić information content (AvgIpc) is 2.07. The van der Waals surface area contributed by atoms with Crippen LogP contribution in [0.5, 0.6) is 0 Å². The van der Waals surface area contributed by atoms with E-state index in [9.17, 15) is 4.79 Å². The number of carboxylic acid groups (broad SMARTS) is 1. The zero-order valence-electron chi connectivity index (χ0n) is 8.31. The van der Waals surface area contributed by atoms with E-state index in [4.69, 9.17) is 16.7 Å². The Bertz CT molecular complexity index is 331. The van der Waals surface area contributed by atoms with E-state index < -0.39 is 5.97 Å². The van der Waals surface area contributed by atoms with Gasteiger partial charge in [-0.15, -0.1) is 12.4 Å². The van der Waals surface area contributed by atoms with Crippen molar-refractivity contribution in [3.05, 3.63) is 34.9 Å². The van der Waals surface area contributed by atoms with Crippen LogP contribution in [0, 0.1) is 0 Å². The summed E-state index contributed by atoms with van der Waals surface area (Å²) < 4.78 is 0. The number of carboxylic acids is 1. The summed E-state index contributed by atoms with van der Waals surface area (Å²) in [7, 11) is 1.75. The Balaban J connectivity index is 0.00000196. The minimum absolute atomic E-state index is 0. The molecule has 15 heavy (non-hydrogen) atoms. The highest BCUT2D eigenvalue weighted by Crippen LogP contribution is 2.16. The van der Waals surface area contributed by atoms with E-state index in [0.717, 1.165) is 5.56 Å². The van der Waals surface area contributed by atoms with Gasteiger partial charge in [0.25, 0.3) is 0 Å². The molecule has 0 saturated carbocycles. The van der Waals surface area contributed by atoms with E-state index in [2.05, 4.69) is 0 Å². The normalized spacial score (nSPS) is 9.80. The van der Waals surface area contributed by atoms with Crippen LogP contribution in [0.4, 0.5) is 0 Å². The van der Waals surface area contributed by atoms with Gasteiger partial charge in [-0.25, -0.2) is 0 Å². The highest BCUT2D eigenvalue weighted by molar-refractivity contribution is 6.31. The van der Waals surface area contributed by atoms with Crippen LogP contribution in [0.3, 0.4) is 0 Å². The van der Waals surface area contributed by atoms with Crippen LogP contribution in [0.15, 0.2) is 24.3 Å². The summed E-state index contributed by atoms with van der Waals surface area (Å²) in [5.41, 5.74) is 0.943. The molecular formula is C10H13Cl2NO2. The molecular weight excluding hydrogens is 237 g/mol. The molecule has 0 aliphatic carbocycles. The summed E-state index contributed by atoms with van der Waals surface area (Å²) in [6.07, 6.45) is 0. The molecule has 0 saturated heterocycles. The summed E-state index contributed by atoms with van der Waals surface area (Å²) in [5.74, 6) is -0.834. The van der Waals surface area contributed by atoms with E-state index in [0.29, 0.717) is 11.6 Å². The molecule has 0 radical (unpaired) electrons. The second kappa shape index (κ2) is 6.67. The van der Waals surface area contributed by atoms with E-state index in [1.807, 2.05) is 18.2 Å². The predicted octanol–water partition coefficient (Wildman–Crippen LogP) is 2.28. The maximum atomic E-state index is 10.4. The third kappa shape index (κ3) is 5.02. The molecule has 84 valence electrons. The van der Waals surface area contributed by atoms with Crippen molar-refractivity contribution in [2.75, 3.05) is 13.6 Å². The molecule has 1 rings (SSSR count). The molecule has 0 aliphatic heterocycles. The number of hydrogen-bond acceptors (Lipinski definition) is 2. The quantitative estimate of drug-likeness (QED) is 0.891. The first-order valence-corrected chi connectivity index (χ1v) is 4.61. The fourth-order valence-corrected chi connectivity index (χ4v) is 1.40. The highest BCUT2D eigenvalue weighted by atomic mass is 35.5. The molecule has 0 heterocycles. The fraction of sp³-hybridized carbons (Fsp3) is 0.300. The van der Waals surface area contributed by atoms with Crippen molar-refractivity contribution in [3.63, 3.8) is 0 Å². The first-order valence-electron chi connectivity index (χ1n) is 4.23. The minimum atomic E-state index is -0.834. The van der Waals surface area contributed by atoms with Gasteiger partial charge < -0.3 is 5.11 Å². The molecule has 0 aromatic heterocycles. The molecule has 0 unspecified atom stereocenters. The highest BCUT2D eigenvalue weighted by Gasteiger charge is 2.06. The zero-order chi connectivity index (χ0) is 10.6. The standard InChI is InChI=1S/C10H12ClNO2.ClH/c1-12(7-10(13)14)6-8-4-2-3-5-9(8)11;/h2-5H,6-7H2,1H3,(H,13,14);1H. The lowest BCUT2D eigenvalue weighted by molar-refractivity contribution is -0.138. The van der Waals surface area contributed by atoms with Gasteiger partial charge in [0.15, 0.2) is 0 Å². The van der Waals surface area contributed by atoms with Gasteiger partial charge in [-0.05, 0) is 18.7 Å². The lowest BCUT2D eigenvalue weighted by Gasteiger charge is -2.14. The fourth-order valence-electron chi connectivity index (χ4n) is 1.20. The number of nitrogens with zero attached hydrogens (tertiary/aromatic N) is 1. The molecule has 0 aliphatic rings. The topological polar surface area (TPSA) is 40.5 Å². The van der Waals surface area contributed by atoms with Gasteiger partial charge in [0.1, 0.15) is 0 Å². The Morgan fingerprint density at radius 3 is 2.60 bits per heavy atom. The summed E-state index contributed by atoms with van der Waals surface area (Å²) >= 11 is 5.93. The Morgan fingerprint density at radius 1 is 1.47 bits per heavy atom. The second-order valence-electron chi connectivity index (χ2n) is 3.16. The van der Waals surface area contributed by atoms with Gasteiger partial charge >= 0.3 is 5.97 Å². The number of aliphatic carboxylic acids is 1. The van der Waals surface area contributed by atoms with Crippen LogP contribution in [-0.2, 0) is 11.3 Å². The number of likely N-dealkylation sites (N-methyl/N-ethyl adjacent to an activating group) is 1. The number of carbonyl (C=O) groups is 1. The first kappa shape index (κ1) is 14.2. The average molecular weight is 250 g/mol. The summed E-state index contributed by atoms with van der Waals surface area (Å²) in [5, 5.41) is 9.23. The number of benzene rings is 1. The first-order chi connectivity index (χ1) is 6.59. The molecule has 0 amide bonds. The third-order valence-corrected chi connectivity index (χ3v) is 2.17. The molecule has 1 aromatic rings. The number of halogens is 2. The molecule has 0 bridgehead atoms. The van der Waals surface area contributed by atoms with E-state index in [1.54, 1.807) is 18.0 Å². The lowest BCUT2D eigenvalue weighted by atomic mass is 10.2. The maximum absolute atomic E-state index is 10.4. The molecule has 0 spiro atoms. The summed E-state index contributed by atoms with van der Waals surface area (Å²) in [4.78, 5) is 12.1. The van der Waals surface area contributed by atoms with Gasteiger partial charge in [0.05, 0.1) is 6.54 Å². The van der Waals surface area contributed by atoms with Crippen molar-refractivity contribution < 1.29 is 9.90 Å². The Morgan fingerprint density at radius 2 is 2.07 bits per heavy atom. The van der Waals surface area contributed by atoms with Crippen molar-refractivity contribution >= 4 is 30.0 Å². The predicted molar refractivity (Wildman–Crippen MR) is 62.7 cm³/mol. The van der Waals surface area contributed by atoms with E-state index in [1.165, 1.54) is 0 Å². The SMILES string of the molecule is CN(CC(=O)O)Cc1ccccc1Cl.Cl. The van der Waals surface area contributed by atoms with Crippen molar-refractivity contribution in [1.29, 1.82) is 0 Å². The maximum Gasteiger partial charge on any atom is 0.317 e. The van der Waals surface area contributed by atoms with E-state index in [-0.39, 0.29) is 19.0 Å². The monoisotopic (exact) mass is 249 g/mol. The number of rotatable bonds is 4. The molecule has 3 nitrogen and oxygen atoms in total. The Labute approximate surface area is 100 Å². The van der Waals surface area contributed by atoms with Crippen molar-refractivity contribution in [2.45, 2.75) is 6.54 Å². The summed E-state index contributed by atoms with van der Waals surface area (Å²) in [6.45, 7) is 0.567. The summed E-state index contributed by atoms with van der Waals surface area (Å²) in [6, 6.07) is 7.42. The lowest BCUT2D eigenvalue weighted by Crippen LogP contribution is -2.25. The minimum Gasteiger partial charge on any atom is -0.480 e.